The molecule has 5 heterocycles. The van der Waals surface area contributed by atoms with Crippen LogP contribution in [0.25, 0.3) is 10.2 Å². The van der Waals surface area contributed by atoms with Crippen molar-refractivity contribution in [2.75, 3.05) is 29.0 Å². The van der Waals surface area contributed by atoms with Crippen molar-refractivity contribution in [3.8, 4) is 0 Å². The number of hydrogen-bond donors (Lipinski definition) is 2. The van der Waals surface area contributed by atoms with Crippen molar-refractivity contribution < 1.29 is 4.79 Å². The Morgan fingerprint density at radius 2 is 2.00 bits per heavy atom. The van der Waals surface area contributed by atoms with Crippen LogP contribution in [-0.2, 0) is 0 Å². The van der Waals surface area contributed by atoms with Crippen LogP contribution in [0.5, 0.6) is 0 Å². The lowest BCUT2D eigenvalue weighted by Crippen LogP contribution is -2.39. The molecule has 1 amide bonds. The quantitative estimate of drug-likeness (QED) is 0.683. The van der Waals surface area contributed by atoms with Crippen LogP contribution in [-0.4, -0.2) is 24.0 Å². The Hall–Kier alpha value is -2.31. The second kappa shape index (κ2) is 5.86. The lowest BCUT2D eigenvalue weighted by Gasteiger charge is -2.41. The summed E-state index contributed by atoms with van der Waals surface area (Å²) in [6, 6.07) is 9.14. The van der Waals surface area contributed by atoms with Crippen molar-refractivity contribution in [1.82, 2.24) is 4.98 Å². The second-order valence-electron chi connectivity index (χ2n) is 6.81. The Labute approximate surface area is 159 Å². The minimum atomic E-state index is -0.214. The van der Waals surface area contributed by atoms with Gasteiger partial charge in [0.25, 0.3) is 5.91 Å². The fraction of sp³-hybridized carbons (Fsp3) is 0.263. The van der Waals surface area contributed by atoms with Crippen LogP contribution in [0.4, 0.5) is 17.1 Å². The van der Waals surface area contributed by atoms with Gasteiger partial charge >= 0.3 is 0 Å². The van der Waals surface area contributed by atoms with Gasteiger partial charge in [0.05, 0.1) is 17.1 Å². The molecule has 0 atom stereocenters. The number of benzene rings is 1. The summed E-state index contributed by atoms with van der Waals surface area (Å²) in [4.78, 5) is 21.3. The molecule has 0 aliphatic carbocycles. The number of fused-ring (bicyclic) bond motifs is 3. The maximum atomic E-state index is 12.7. The lowest BCUT2D eigenvalue weighted by atomic mass is 9.86. The predicted molar refractivity (Wildman–Crippen MR) is 108 cm³/mol. The van der Waals surface area contributed by atoms with Crippen LogP contribution in [0, 0.1) is 0 Å². The number of aromatic nitrogens is 1. The summed E-state index contributed by atoms with van der Waals surface area (Å²) in [6.07, 6.45) is 2.33. The lowest BCUT2D eigenvalue weighted by molar-refractivity contribution is 0.103. The molecule has 26 heavy (non-hydrogen) atoms. The molecule has 2 bridgehead atoms. The molecule has 1 aromatic carbocycles. The van der Waals surface area contributed by atoms with Crippen molar-refractivity contribution in [1.29, 1.82) is 0 Å². The van der Waals surface area contributed by atoms with Gasteiger partial charge in [-0.2, -0.15) is 0 Å². The van der Waals surface area contributed by atoms with Gasteiger partial charge in [0.2, 0.25) is 0 Å². The molecule has 3 N–H and O–H groups in total. The van der Waals surface area contributed by atoms with E-state index in [4.69, 9.17) is 22.3 Å². The molecule has 2 aromatic heterocycles. The number of nitrogens with one attached hydrogen (secondary N) is 1. The molecule has 0 saturated carbocycles. The zero-order chi connectivity index (χ0) is 17.8. The second-order valence-corrected chi connectivity index (χ2v) is 8.25. The SMILES string of the molecule is Nc1c(C(=O)Nc2ccc(Cl)cc2)sc2nc3c(cc12)N1CCC3CC1. The molecule has 6 rings (SSSR count). The van der Waals surface area contributed by atoms with E-state index in [1.807, 2.05) is 0 Å². The van der Waals surface area contributed by atoms with E-state index in [2.05, 4.69) is 16.3 Å². The van der Waals surface area contributed by atoms with Gasteiger partial charge in [0, 0.05) is 35.1 Å². The first-order valence-corrected chi connectivity index (χ1v) is 9.84. The largest absolute Gasteiger partial charge is 0.397 e. The van der Waals surface area contributed by atoms with Gasteiger partial charge in [-0.25, -0.2) is 4.98 Å². The maximum Gasteiger partial charge on any atom is 0.267 e. The molecule has 3 aromatic rings. The Bertz CT molecular complexity index is 1020. The number of rotatable bonds is 2. The van der Waals surface area contributed by atoms with Crippen molar-refractivity contribution in [2.45, 2.75) is 18.8 Å². The van der Waals surface area contributed by atoms with Crippen LogP contribution in [0.15, 0.2) is 30.3 Å². The Morgan fingerprint density at radius 3 is 2.73 bits per heavy atom. The summed E-state index contributed by atoms with van der Waals surface area (Å²) in [7, 11) is 0. The normalized spacial score (nSPS) is 16.1. The minimum Gasteiger partial charge on any atom is -0.397 e. The number of anilines is 3. The number of piperidine rings is 1. The zero-order valence-electron chi connectivity index (χ0n) is 14.0. The van der Waals surface area contributed by atoms with Gasteiger partial charge in [0.1, 0.15) is 9.71 Å². The molecular formula is C19H17ClN4OS. The van der Waals surface area contributed by atoms with E-state index in [0.717, 1.165) is 36.1 Å². The Morgan fingerprint density at radius 1 is 1.27 bits per heavy atom. The first-order chi connectivity index (χ1) is 12.6. The third kappa shape index (κ3) is 2.44. The van der Waals surface area contributed by atoms with E-state index in [1.54, 1.807) is 24.3 Å². The van der Waals surface area contributed by atoms with Gasteiger partial charge in [-0.1, -0.05) is 11.6 Å². The molecule has 0 radical (unpaired) electrons. The summed E-state index contributed by atoms with van der Waals surface area (Å²) < 4.78 is 0. The number of carbonyl (C=O) groups is 1. The number of nitrogens with two attached hydrogens (primary N) is 1. The number of nitrogen functional groups attached to an aromatic ring is 1. The highest BCUT2D eigenvalue weighted by molar-refractivity contribution is 7.21. The number of halogens is 1. The highest BCUT2D eigenvalue weighted by Crippen LogP contribution is 2.45. The van der Waals surface area contributed by atoms with Gasteiger partial charge in [-0.05, 0) is 43.2 Å². The summed E-state index contributed by atoms with van der Waals surface area (Å²) in [5.74, 6) is 0.322. The third-order valence-electron chi connectivity index (χ3n) is 5.26. The molecule has 0 unspecified atom stereocenters. The van der Waals surface area contributed by atoms with E-state index in [1.165, 1.54) is 22.7 Å². The number of carbonyl (C=O) groups excluding carboxylic acids is 1. The number of thiophene rings is 1. The number of amides is 1. The Balaban J connectivity index is 1.53. The molecule has 1 saturated heterocycles. The van der Waals surface area contributed by atoms with Crippen LogP contribution < -0.4 is 16.0 Å². The van der Waals surface area contributed by atoms with Crippen LogP contribution in [0.1, 0.15) is 34.1 Å². The van der Waals surface area contributed by atoms with Crippen LogP contribution in [0.2, 0.25) is 5.02 Å². The molecule has 0 spiro atoms. The minimum absolute atomic E-state index is 0.214. The van der Waals surface area contributed by atoms with Gasteiger partial charge < -0.3 is 16.0 Å². The van der Waals surface area contributed by atoms with E-state index in [9.17, 15) is 4.79 Å². The molecule has 5 nitrogen and oxygen atoms in total. The average Bonchev–Trinajstić information content (AvgIpc) is 2.99. The highest BCUT2D eigenvalue weighted by Gasteiger charge is 2.33. The number of nitrogens with zero attached hydrogens (tertiary/aromatic N) is 2. The number of pyridine rings is 1. The smallest absolute Gasteiger partial charge is 0.267 e. The van der Waals surface area contributed by atoms with Gasteiger partial charge in [-0.3, -0.25) is 4.79 Å². The van der Waals surface area contributed by atoms with Gasteiger partial charge in [0.15, 0.2) is 0 Å². The molecule has 132 valence electrons. The van der Waals surface area contributed by atoms with E-state index < -0.39 is 0 Å². The summed E-state index contributed by atoms with van der Waals surface area (Å²) >= 11 is 7.25. The Kier molecular flexibility index (Phi) is 3.58. The van der Waals surface area contributed by atoms with Crippen LogP contribution >= 0.6 is 22.9 Å². The third-order valence-corrected chi connectivity index (χ3v) is 6.63. The molecule has 3 aliphatic rings. The monoisotopic (exact) mass is 384 g/mol. The molecule has 3 aliphatic heterocycles. The van der Waals surface area contributed by atoms with Crippen LogP contribution in [0.3, 0.4) is 0 Å². The fourth-order valence-electron chi connectivity index (χ4n) is 3.88. The highest BCUT2D eigenvalue weighted by atomic mass is 35.5. The summed E-state index contributed by atoms with van der Waals surface area (Å²) in [6.45, 7) is 2.16. The summed E-state index contributed by atoms with van der Waals surface area (Å²) in [5.41, 5.74) is 9.87. The first-order valence-electron chi connectivity index (χ1n) is 8.65. The van der Waals surface area contributed by atoms with E-state index in [-0.39, 0.29) is 5.91 Å². The standard InChI is InChI=1S/C19H17ClN4OS/c20-11-1-3-12(4-2-11)22-18(25)17-15(21)13-9-14-16(23-19(13)26-17)10-5-7-24(14)8-6-10/h1-4,9-10H,5-8,21H2,(H,22,25). The topological polar surface area (TPSA) is 71.2 Å². The maximum absolute atomic E-state index is 12.7. The predicted octanol–water partition coefficient (Wildman–Crippen LogP) is 4.48. The zero-order valence-corrected chi connectivity index (χ0v) is 15.5. The van der Waals surface area contributed by atoms with E-state index >= 15 is 0 Å². The van der Waals surface area contributed by atoms with Gasteiger partial charge in [-0.15, -0.1) is 11.3 Å². The van der Waals surface area contributed by atoms with Crippen molar-refractivity contribution >= 4 is 56.1 Å². The number of hydrogen-bond acceptors (Lipinski definition) is 5. The fourth-order valence-corrected chi connectivity index (χ4v) is 4.99. The van der Waals surface area contributed by atoms with Crippen molar-refractivity contribution in [3.05, 3.63) is 45.9 Å². The summed E-state index contributed by atoms with van der Waals surface area (Å²) in [5, 5.41) is 4.39. The molecular weight excluding hydrogens is 368 g/mol. The molecule has 1 fully saturated rings. The average molecular weight is 385 g/mol. The van der Waals surface area contributed by atoms with Crippen molar-refractivity contribution in [3.63, 3.8) is 0 Å². The molecule has 7 heteroatoms. The van der Waals surface area contributed by atoms with E-state index in [0.29, 0.717) is 27.2 Å². The van der Waals surface area contributed by atoms with Crippen molar-refractivity contribution in [2.24, 2.45) is 0 Å². The first kappa shape index (κ1) is 15.9.